The van der Waals surface area contributed by atoms with E-state index in [0.717, 1.165) is 12.8 Å². The average Bonchev–Trinajstić information content (AvgIpc) is 3.21. The number of hydrogen-bond acceptors (Lipinski definition) is 3. The van der Waals surface area contributed by atoms with Crippen LogP contribution in [0.5, 0.6) is 0 Å². The van der Waals surface area contributed by atoms with Crippen molar-refractivity contribution in [3.05, 3.63) is 24.3 Å². The fraction of sp³-hybridized carbons (Fsp3) is 0.500. The summed E-state index contributed by atoms with van der Waals surface area (Å²) < 4.78 is 36.8. The number of rotatable bonds is 7. The Morgan fingerprint density at radius 3 is 2.67 bits per heavy atom. The van der Waals surface area contributed by atoms with Gasteiger partial charge in [0.15, 0.2) is 0 Å². The Kier molecular flexibility index (Phi) is 5.52. The van der Waals surface area contributed by atoms with Crippen molar-refractivity contribution < 1.29 is 18.0 Å². The number of nitrogens with one attached hydrogen (secondary N) is 2. The molecule has 2 rings (SSSR count). The van der Waals surface area contributed by atoms with Gasteiger partial charge in [-0.2, -0.15) is 13.2 Å². The maximum Gasteiger partial charge on any atom is 0.398 e. The standard InChI is InChI=1S/C14H17F3N2OS/c15-14(16,17)9-21-12-4-2-1-3-11(12)19-13(20)7-8-18-10-5-6-10/h1-4,10,18H,5-9H2,(H,19,20). The molecule has 0 atom stereocenters. The topological polar surface area (TPSA) is 41.1 Å². The van der Waals surface area contributed by atoms with Crippen molar-refractivity contribution in [2.75, 3.05) is 17.6 Å². The van der Waals surface area contributed by atoms with Crippen molar-refractivity contribution in [1.82, 2.24) is 5.32 Å². The summed E-state index contributed by atoms with van der Waals surface area (Å²) in [5.74, 6) is -1.16. The molecule has 0 spiro atoms. The van der Waals surface area contributed by atoms with E-state index in [1.165, 1.54) is 0 Å². The molecule has 1 aliphatic rings. The number of anilines is 1. The van der Waals surface area contributed by atoms with E-state index in [1.807, 2.05) is 0 Å². The van der Waals surface area contributed by atoms with Gasteiger partial charge in [0.2, 0.25) is 5.91 Å². The SMILES string of the molecule is O=C(CCNC1CC1)Nc1ccccc1SCC(F)(F)F. The number of alkyl halides is 3. The molecule has 0 aliphatic heterocycles. The molecular formula is C14H17F3N2OS. The number of benzene rings is 1. The highest BCUT2D eigenvalue weighted by molar-refractivity contribution is 7.99. The predicted molar refractivity (Wildman–Crippen MR) is 77.5 cm³/mol. The van der Waals surface area contributed by atoms with E-state index >= 15 is 0 Å². The molecule has 1 amide bonds. The Hall–Kier alpha value is -1.21. The monoisotopic (exact) mass is 318 g/mol. The number of carbonyl (C=O) groups excluding carboxylic acids is 1. The van der Waals surface area contributed by atoms with Gasteiger partial charge in [0, 0.05) is 23.9 Å². The van der Waals surface area contributed by atoms with Gasteiger partial charge in [-0.25, -0.2) is 0 Å². The van der Waals surface area contributed by atoms with E-state index in [4.69, 9.17) is 0 Å². The van der Waals surface area contributed by atoms with E-state index in [1.54, 1.807) is 24.3 Å². The van der Waals surface area contributed by atoms with Gasteiger partial charge in [0.25, 0.3) is 0 Å². The minimum atomic E-state index is -4.23. The highest BCUT2D eigenvalue weighted by atomic mass is 32.2. The van der Waals surface area contributed by atoms with Crippen molar-refractivity contribution in [3.63, 3.8) is 0 Å². The molecule has 0 unspecified atom stereocenters. The highest BCUT2D eigenvalue weighted by Gasteiger charge is 2.27. The van der Waals surface area contributed by atoms with Crippen LogP contribution in [0.2, 0.25) is 0 Å². The molecule has 0 radical (unpaired) electrons. The Labute approximate surface area is 125 Å². The number of carbonyl (C=O) groups is 1. The lowest BCUT2D eigenvalue weighted by Crippen LogP contribution is -2.23. The fourth-order valence-electron chi connectivity index (χ4n) is 1.75. The molecule has 1 aliphatic carbocycles. The summed E-state index contributed by atoms with van der Waals surface area (Å²) in [6, 6.07) is 7.07. The first-order valence-corrected chi connectivity index (χ1v) is 7.74. The third-order valence-electron chi connectivity index (χ3n) is 2.91. The van der Waals surface area contributed by atoms with Crippen LogP contribution in [0, 0.1) is 0 Å². The van der Waals surface area contributed by atoms with Crippen molar-refractivity contribution >= 4 is 23.4 Å². The summed E-state index contributed by atoms with van der Waals surface area (Å²) >= 11 is 0.679. The maximum absolute atomic E-state index is 12.3. The lowest BCUT2D eigenvalue weighted by molar-refractivity contribution is -0.116. The van der Waals surface area contributed by atoms with Crippen molar-refractivity contribution in [2.45, 2.75) is 36.4 Å². The quantitative estimate of drug-likeness (QED) is 0.757. The Morgan fingerprint density at radius 1 is 1.29 bits per heavy atom. The van der Waals surface area contributed by atoms with Crippen molar-refractivity contribution in [2.24, 2.45) is 0 Å². The summed E-state index contributed by atoms with van der Waals surface area (Å²) in [5, 5.41) is 5.89. The number of hydrogen-bond donors (Lipinski definition) is 2. The molecular weight excluding hydrogens is 301 g/mol. The zero-order chi connectivity index (χ0) is 15.3. The Morgan fingerprint density at radius 2 is 2.00 bits per heavy atom. The normalized spacial score (nSPS) is 15.0. The molecule has 116 valence electrons. The first kappa shape index (κ1) is 16.2. The highest BCUT2D eigenvalue weighted by Crippen LogP contribution is 2.32. The molecule has 0 heterocycles. The summed E-state index contributed by atoms with van der Waals surface area (Å²) in [7, 11) is 0. The van der Waals surface area contributed by atoms with E-state index < -0.39 is 11.9 Å². The number of para-hydroxylation sites is 1. The molecule has 1 aromatic carbocycles. The molecule has 2 N–H and O–H groups in total. The number of thioether (sulfide) groups is 1. The maximum atomic E-state index is 12.3. The second-order valence-electron chi connectivity index (χ2n) is 4.93. The first-order chi connectivity index (χ1) is 9.94. The Bertz CT molecular complexity index is 489. The molecule has 7 heteroatoms. The van der Waals surface area contributed by atoms with Crippen molar-refractivity contribution in [3.8, 4) is 0 Å². The largest absolute Gasteiger partial charge is 0.398 e. The van der Waals surface area contributed by atoms with E-state index in [2.05, 4.69) is 10.6 Å². The zero-order valence-corrected chi connectivity index (χ0v) is 12.2. The smallest absolute Gasteiger partial charge is 0.325 e. The van der Waals surface area contributed by atoms with Gasteiger partial charge in [-0.1, -0.05) is 12.1 Å². The molecule has 3 nitrogen and oxygen atoms in total. The van der Waals surface area contributed by atoms with E-state index in [-0.39, 0.29) is 5.91 Å². The van der Waals surface area contributed by atoms with E-state index in [0.29, 0.717) is 41.4 Å². The van der Waals surface area contributed by atoms with E-state index in [9.17, 15) is 18.0 Å². The van der Waals surface area contributed by atoms with Crippen molar-refractivity contribution in [1.29, 1.82) is 0 Å². The molecule has 1 fully saturated rings. The van der Waals surface area contributed by atoms with Crippen LogP contribution in [-0.2, 0) is 4.79 Å². The molecule has 0 saturated heterocycles. The van der Waals surface area contributed by atoms with Crippen LogP contribution in [0.15, 0.2) is 29.2 Å². The minimum absolute atomic E-state index is 0.191. The first-order valence-electron chi connectivity index (χ1n) is 6.76. The minimum Gasteiger partial charge on any atom is -0.325 e. The molecule has 1 saturated carbocycles. The van der Waals surface area contributed by atoms with Crippen LogP contribution in [0.1, 0.15) is 19.3 Å². The van der Waals surface area contributed by atoms with Crippen LogP contribution < -0.4 is 10.6 Å². The molecule has 0 bridgehead atoms. The van der Waals surface area contributed by atoms with Crippen LogP contribution in [0.25, 0.3) is 0 Å². The lowest BCUT2D eigenvalue weighted by atomic mass is 10.3. The molecule has 21 heavy (non-hydrogen) atoms. The summed E-state index contributed by atoms with van der Waals surface area (Å²) in [6.45, 7) is 0.592. The zero-order valence-electron chi connectivity index (χ0n) is 11.4. The van der Waals surface area contributed by atoms with Crippen LogP contribution in [0.4, 0.5) is 18.9 Å². The van der Waals surface area contributed by atoms with Gasteiger partial charge in [-0.05, 0) is 25.0 Å². The second kappa shape index (κ2) is 7.17. The molecule has 0 aromatic heterocycles. The fourth-order valence-corrected chi connectivity index (χ4v) is 2.51. The van der Waals surface area contributed by atoms with Gasteiger partial charge >= 0.3 is 6.18 Å². The van der Waals surface area contributed by atoms with Crippen LogP contribution in [-0.4, -0.2) is 30.4 Å². The van der Waals surface area contributed by atoms with Crippen LogP contribution in [0.3, 0.4) is 0 Å². The lowest BCUT2D eigenvalue weighted by Gasteiger charge is -2.12. The van der Waals surface area contributed by atoms with Gasteiger partial charge in [-0.15, -0.1) is 11.8 Å². The Balaban J connectivity index is 1.84. The third kappa shape index (κ3) is 6.39. The predicted octanol–water partition coefficient (Wildman–Crippen LogP) is 3.42. The average molecular weight is 318 g/mol. The number of halogens is 3. The second-order valence-corrected chi connectivity index (χ2v) is 5.94. The van der Waals surface area contributed by atoms with Gasteiger partial charge < -0.3 is 10.6 Å². The summed E-state index contributed by atoms with van der Waals surface area (Å²) in [4.78, 5) is 12.2. The summed E-state index contributed by atoms with van der Waals surface area (Å²) in [6.07, 6.45) is -1.61. The van der Waals surface area contributed by atoms with Gasteiger partial charge in [0.05, 0.1) is 11.4 Å². The van der Waals surface area contributed by atoms with Gasteiger partial charge in [0.1, 0.15) is 0 Å². The third-order valence-corrected chi connectivity index (χ3v) is 4.05. The van der Waals surface area contributed by atoms with Crippen LogP contribution >= 0.6 is 11.8 Å². The van der Waals surface area contributed by atoms with Gasteiger partial charge in [-0.3, -0.25) is 4.79 Å². The molecule has 1 aromatic rings. The number of amides is 1. The summed E-state index contributed by atoms with van der Waals surface area (Å²) in [5.41, 5.74) is 0.433.